The molecule has 0 saturated carbocycles. The molecule has 6 rings (SSSR count). The fraction of sp³-hybridized carbons (Fsp3) is 0.0938. The molecule has 1 N–H and O–H groups in total. The summed E-state index contributed by atoms with van der Waals surface area (Å²) in [5.74, 6) is -1.26. The van der Waals surface area contributed by atoms with E-state index in [0.29, 0.717) is 33.6 Å². The Morgan fingerprint density at radius 2 is 1.70 bits per heavy atom. The van der Waals surface area contributed by atoms with Crippen LogP contribution in [0, 0.1) is 5.82 Å². The monoisotopic (exact) mass is 610 g/mol. The smallest absolute Gasteiger partial charge is 0.301 e. The van der Waals surface area contributed by atoms with Gasteiger partial charge in [0.15, 0.2) is 4.34 Å². The van der Waals surface area contributed by atoms with Crippen LogP contribution in [0.2, 0.25) is 0 Å². The Morgan fingerprint density at radius 3 is 2.47 bits per heavy atom. The Hall–Kier alpha value is -4.87. The predicted octanol–water partition coefficient (Wildman–Crippen LogP) is 6.57. The summed E-state index contributed by atoms with van der Waals surface area (Å²) < 4.78 is 19.9. The minimum Gasteiger partial charge on any atom is -0.507 e. The van der Waals surface area contributed by atoms with Gasteiger partial charge in [-0.25, -0.2) is 4.39 Å². The maximum atomic E-state index is 13.5. The summed E-state index contributed by atoms with van der Waals surface area (Å²) >= 11 is 2.53. The summed E-state index contributed by atoms with van der Waals surface area (Å²) in [5, 5.41) is 20.0. The van der Waals surface area contributed by atoms with Gasteiger partial charge in [0.05, 0.1) is 11.6 Å². The van der Waals surface area contributed by atoms with Crippen molar-refractivity contribution in [3.63, 3.8) is 0 Å². The summed E-state index contributed by atoms with van der Waals surface area (Å²) in [6.07, 6.45) is 2.99. The number of aliphatic hydroxyl groups excluding tert-OH is 1. The molecule has 1 atom stereocenters. The normalized spacial score (nSPS) is 16.0. The standard InChI is InChI=1S/C32H23FN4O4S2/c33-24-11-9-21(10-12-24)19-42-32-36-35-31(43-32)37-27(26(29(39)30(37)40)28(38)22-13-15-34-16-14-22)23-7-4-8-25(17-23)41-18-20-5-2-1-3-6-20/h1-17,27,38H,18-19H2. The average molecular weight is 611 g/mol. The fourth-order valence-corrected chi connectivity index (χ4v) is 6.43. The van der Waals surface area contributed by atoms with Gasteiger partial charge < -0.3 is 9.84 Å². The Balaban J connectivity index is 1.35. The highest BCUT2D eigenvalue weighted by atomic mass is 32.2. The number of ketones is 1. The van der Waals surface area contributed by atoms with Crippen molar-refractivity contribution in [2.45, 2.75) is 22.7 Å². The molecule has 1 unspecified atom stereocenters. The van der Waals surface area contributed by atoms with E-state index in [1.54, 1.807) is 48.5 Å². The highest BCUT2D eigenvalue weighted by Gasteiger charge is 2.48. The molecule has 1 fully saturated rings. The van der Waals surface area contributed by atoms with E-state index in [0.717, 1.165) is 22.5 Å². The van der Waals surface area contributed by atoms with Crippen molar-refractivity contribution in [3.05, 3.63) is 137 Å². The van der Waals surface area contributed by atoms with Crippen LogP contribution < -0.4 is 9.64 Å². The number of amides is 1. The zero-order valence-corrected chi connectivity index (χ0v) is 24.1. The van der Waals surface area contributed by atoms with E-state index in [1.807, 2.05) is 30.3 Å². The number of carbonyl (C=O) groups is 2. The van der Waals surface area contributed by atoms with Gasteiger partial charge in [0.25, 0.3) is 5.78 Å². The molecule has 0 radical (unpaired) electrons. The first-order valence-corrected chi connectivity index (χ1v) is 15.0. The first kappa shape index (κ1) is 28.3. The molecular weight excluding hydrogens is 588 g/mol. The first-order chi connectivity index (χ1) is 21.0. The molecule has 1 amide bonds. The van der Waals surface area contributed by atoms with Crippen molar-refractivity contribution in [2.75, 3.05) is 4.90 Å². The summed E-state index contributed by atoms with van der Waals surface area (Å²) in [5.41, 5.74) is 2.70. The van der Waals surface area contributed by atoms with Gasteiger partial charge in [0.2, 0.25) is 5.13 Å². The van der Waals surface area contributed by atoms with Crippen LogP contribution in [0.25, 0.3) is 5.76 Å². The van der Waals surface area contributed by atoms with Gasteiger partial charge in [-0.2, -0.15) is 0 Å². The number of benzene rings is 3. The second-order valence-corrected chi connectivity index (χ2v) is 11.7. The van der Waals surface area contributed by atoms with Crippen LogP contribution in [-0.4, -0.2) is 32.0 Å². The SMILES string of the molecule is O=C1C(=O)N(c2nnc(SCc3ccc(F)cc3)s2)C(c2cccc(OCc3ccccc3)c2)C1=C(O)c1ccncc1. The average Bonchev–Trinajstić information content (AvgIpc) is 3.62. The first-order valence-electron chi connectivity index (χ1n) is 13.2. The van der Waals surface area contributed by atoms with Crippen molar-refractivity contribution in [1.82, 2.24) is 15.2 Å². The molecule has 0 bridgehead atoms. The van der Waals surface area contributed by atoms with Gasteiger partial charge in [-0.1, -0.05) is 77.7 Å². The molecule has 2 aromatic heterocycles. The number of pyridine rings is 1. The van der Waals surface area contributed by atoms with Gasteiger partial charge >= 0.3 is 5.91 Å². The lowest BCUT2D eigenvalue weighted by Crippen LogP contribution is -2.29. The largest absolute Gasteiger partial charge is 0.507 e. The molecular formula is C32H23FN4O4S2. The fourth-order valence-electron chi connectivity index (χ4n) is 4.61. The predicted molar refractivity (Wildman–Crippen MR) is 162 cm³/mol. The van der Waals surface area contributed by atoms with E-state index >= 15 is 0 Å². The summed E-state index contributed by atoms with van der Waals surface area (Å²) in [6, 6.07) is 25.1. The Kier molecular flexibility index (Phi) is 8.25. The third kappa shape index (κ3) is 6.18. The van der Waals surface area contributed by atoms with Crippen LogP contribution in [0.1, 0.15) is 28.3 Å². The van der Waals surface area contributed by atoms with Crippen molar-refractivity contribution in [1.29, 1.82) is 0 Å². The van der Waals surface area contributed by atoms with E-state index in [9.17, 15) is 19.1 Å². The lowest BCUT2D eigenvalue weighted by atomic mass is 9.95. The molecule has 3 aromatic carbocycles. The lowest BCUT2D eigenvalue weighted by molar-refractivity contribution is -0.132. The van der Waals surface area contributed by atoms with Gasteiger partial charge in [-0.05, 0) is 53.1 Å². The molecule has 1 aliphatic rings. The minimum absolute atomic E-state index is 0.0767. The Morgan fingerprint density at radius 1 is 0.930 bits per heavy atom. The number of hydrogen-bond donors (Lipinski definition) is 1. The third-order valence-electron chi connectivity index (χ3n) is 6.70. The summed E-state index contributed by atoms with van der Waals surface area (Å²) in [7, 11) is 0. The van der Waals surface area contributed by atoms with Crippen LogP contribution in [-0.2, 0) is 21.9 Å². The second-order valence-electron chi connectivity index (χ2n) is 9.52. The van der Waals surface area contributed by atoms with Crippen LogP contribution >= 0.6 is 23.1 Å². The number of hydrogen-bond acceptors (Lipinski definition) is 9. The molecule has 5 aromatic rings. The van der Waals surface area contributed by atoms with Crippen molar-refractivity contribution in [3.8, 4) is 5.75 Å². The van der Waals surface area contributed by atoms with E-state index in [4.69, 9.17) is 4.74 Å². The number of Topliss-reactive ketones (excluding diaryl/α,β-unsaturated/α-hetero) is 1. The molecule has 0 spiro atoms. The van der Waals surface area contributed by atoms with Gasteiger partial charge in [0.1, 0.15) is 23.9 Å². The second kappa shape index (κ2) is 12.6. The topological polar surface area (TPSA) is 106 Å². The zero-order valence-electron chi connectivity index (χ0n) is 22.5. The number of ether oxygens (including phenoxy) is 1. The number of thioether (sulfide) groups is 1. The van der Waals surface area contributed by atoms with Crippen molar-refractivity contribution >= 4 is 45.7 Å². The number of anilines is 1. The molecule has 43 heavy (non-hydrogen) atoms. The summed E-state index contributed by atoms with van der Waals surface area (Å²) in [6.45, 7) is 0.326. The van der Waals surface area contributed by atoms with E-state index in [-0.39, 0.29) is 22.3 Å². The molecule has 1 saturated heterocycles. The maximum Gasteiger partial charge on any atom is 0.301 e. The van der Waals surface area contributed by atoms with Gasteiger partial charge in [0, 0.05) is 23.7 Å². The number of aliphatic hydroxyl groups is 1. The molecule has 0 aliphatic carbocycles. The van der Waals surface area contributed by atoms with Gasteiger partial charge in [-0.15, -0.1) is 10.2 Å². The Labute approximate surface area is 254 Å². The molecule has 214 valence electrons. The maximum absolute atomic E-state index is 13.5. The summed E-state index contributed by atoms with van der Waals surface area (Å²) in [4.78, 5) is 32.3. The van der Waals surface area contributed by atoms with Crippen molar-refractivity contribution < 1.29 is 23.8 Å². The van der Waals surface area contributed by atoms with E-state index in [2.05, 4.69) is 15.2 Å². The zero-order chi connectivity index (χ0) is 29.8. The molecule has 3 heterocycles. The van der Waals surface area contributed by atoms with Crippen LogP contribution in [0.3, 0.4) is 0 Å². The molecule has 11 heteroatoms. The molecule has 8 nitrogen and oxygen atoms in total. The minimum atomic E-state index is -0.990. The molecule has 1 aliphatic heterocycles. The van der Waals surface area contributed by atoms with E-state index < -0.39 is 17.7 Å². The van der Waals surface area contributed by atoms with Crippen LogP contribution in [0.5, 0.6) is 5.75 Å². The highest BCUT2D eigenvalue weighted by Crippen LogP contribution is 2.44. The number of halogens is 1. The number of rotatable bonds is 9. The van der Waals surface area contributed by atoms with Crippen LogP contribution in [0.4, 0.5) is 9.52 Å². The van der Waals surface area contributed by atoms with Gasteiger partial charge in [-0.3, -0.25) is 19.5 Å². The van der Waals surface area contributed by atoms with E-state index in [1.165, 1.54) is 41.2 Å². The Bertz CT molecular complexity index is 1800. The van der Waals surface area contributed by atoms with Crippen LogP contribution in [0.15, 0.2) is 113 Å². The highest BCUT2D eigenvalue weighted by molar-refractivity contribution is 8.00. The number of nitrogens with zero attached hydrogens (tertiary/aromatic N) is 4. The van der Waals surface area contributed by atoms with Crippen molar-refractivity contribution in [2.24, 2.45) is 0 Å². The quantitative estimate of drug-likeness (QED) is 0.0657. The number of carbonyl (C=O) groups excluding carboxylic acids is 2. The number of aromatic nitrogens is 3. The lowest BCUT2D eigenvalue weighted by Gasteiger charge is -2.23. The third-order valence-corrected chi connectivity index (χ3v) is 8.82.